The maximum absolute atomic E-state index is 10.8. The highest BCUT2D eigenvalue weighted by atomic mass is 16.4. The maximum atomic E-state index is 10.8. The molecule has 4 heteroatoms. The van der Waals surface area contributed by atoms with Crippen molar-refractivity contribution >= 4 is 11.8 Å². The van der Waals surface area contributed by atoms with E-state index in [2.05, 4.69) is 5.32 Å². The van der Waals surface area contributed by atoms with Crippen LogP contribution in [0.3, 0.4) is 0 Å². The number of hydrogen-bond donors (Lipinski definition) is 2. The summed E-state index contributed by atoms with van der Waals surface area (Å²) in [5.41, 5.74) is -0.250. The molecular weight excluding hydrogens is 182 g/mol. The first-order valence-electron chi connectivity index (χ1n) is 4.72. The van der Waals surface area contributed by atoms with E-state index < -0.39 is 12.0 Å². The predicted octanol–water partition coefficient (Wildman–Crippen LogP) is 1.20. The third-order valence-electron chi connectivity index (χ3n) is 1.69. The molecule has 0 saturated heterocycles. The fraction of sp³-hybridized carbons (Fsp3) is 0.800. The van der Waals surface area contributed by atoms with Crippen LogP contribution in [0.1, 0.15) is 40.5 Å². The number of aliphatic carboxylic acids is 1. The number of carboxylic acid groups (broad SMARTS) is 1. The first-order chi connectivity index (χ1) is 6.22. The summed E-state index contributed by atoms with van der Waals surface area (Å²) in [6.45, 7) is 7.17. The van der Waals surface area contributed by atoms with Crippen molar-refractivity contribution in [2.45, 2.75) is 52.1 Å². The number of Topliss-reactive ketones (excluding diaryl/α,β-unsaturated/α-hetero) is 1. The van der Waals surface area contributed by atoms with Crippen LogP contribution in [0.4, 0.5) is 0 Å². The minimum absolute atomic E-state index is 0.0203. The van der Waals surface area contributed by atoms with Crippen LogP contribution >= 0.6 is 0 Å². The van der Waals surface area contributed by atoms with Crippen LogP contribution in [0.15, 0.2) is 0 Å². The van der Waals surface area contributed by atoms with Gasteiger partial charge in [-0.1, -0.05) is 0 Å². The lowest BCUT2D eigenvalue weighted by Crippen LogP contribution is -2.47. The first kappa shape index (κ1) is 13.1. The minimum atomic E-state index is -0.902. The number of carboxylic acids is 1. The fourth-order valence-electron chi connectivity index (χ4n) is 1.13. The summed E-state index contributed by atoms with van der Waals surface area (Å²) in [6, 6.07) is -0.640. The minimum Gasteiger partial charge on any atom is -0.480 e. The molecule has 4 nitrogen and oxygen atoms in total. The summed E-state index contributed by atoms with van der Waals surface area (Å²) in [7, 11) is 0. The van der Waals surface area contributed by atoms with E-state index in [9.17, 15) is 9.59 Å². The van der Waals surface area contributed by atoms with E-state index >= 15 is 0 Å². The molecule has 0 aromatic carbocycles. The van der Waals surface area contributed by atoms with Crippen LogP contribution in [0.5, 0.6) is 0 Å². The second kappa shape index (κ2) is 5.10. The normalized spacial score (nSPS) is 13.7. The topological polar surface area (TPSA) is 66.4 Å². The van der Waals surface area contributed by atoms with E-state index in [4.69, 9.17) is 5.11 Å². The van der Waals surface area contributed by atoms with Crippen molar-refractivity contribution in [2.75, 3.05) is 0 Å². The van der Waals surface area contributed by atoms with Gasteiger partial charge in [-0.3, -0.25) is 10.1 Å². The van der Waals surface area contributed by atoms with E-state index in [1.807, 2.05) is 20.8 Å². The van der Waals surface area contributed by atoms with Crippen LogP contribution < -0.4 is 5.32 Å². The van der Waals surface area contributed by atoms with Gasteiger partial charge in [-0.15, -0.1) is 0 Å². The zero-order valence-electron chi connectivity index (χ0n) is 9.26. The molecule has 0 amide bonds. The molecular formula is C10H19NO3. The van der Waals surface area contributed by atoms with Crippen LogP contribution in [0, 0.1) is 0 Å². The van der Waals surface area contributed by atoms with E-state index in [-0.39, 0.29) is 11.3 Å². The molecule has 0 radical (unpaired) electrons. The Morgan fingerprint density at radius 1 is 1.36 bits per heavy atom. The predicted molar refractivity (Wildman–Crippen MR) is 54.2 cm³/mol. The average molecular weight is 201 g/mol. The summed E-state index contributed by atoms with van der Waals surface area (Å²) in [4.78, 5) is 21.5. The maximum Gasteiger partial charge on any atom is 0.320 e. The van der Waals surface area contributed by atoms with Crippen LogP contribution in [0.2, 0.25) is 0 Å². The lowest BCUT2D eigenvalue weighted by molar-refractivity contribution is -0.140. The van der Waals surface area contributed by atoms with Crippen molar-refractivity contribution in [3.8, 4) is 0 Å². The Hall–Kier alpha value is -0.900. The Balaban J connectivity index is 4.17. The molecule has 0 rings (SSSR count). The molecule has 82 valence electrons. The molecule has 0 fully saturated rings. The number of rotatable bonds is 5. The number of carbonyl (C=O) groups is 2. The highest BCUT2D eigenvalue weighted by Gasteiger charge is 2.22. The third kappa shape index (κ3) is 6.60. The molecule has 0 heterocycles. The molecule has 0 aliphatic heterocycles. The summed E-state index contributed by atoms with van der Waals surface area (Å²) in [5, 5.41) is 11.8. The Labute approximate surface area is 84.7 Å². The SMILES string of the molecule is CC(=O)CCC(NC(C)(C)C)C(=O)O. The van der Waals surface area contributed by atoms with Crippen molar-refractivity contribution in [3.05, 3.63) is 0 Å². The summed E-state index contributed by atoms with van der Waals surface area (Å²) in [6.07, 6.45) is 0.655. The monoisotopic (exact) mass is 201 g/mol. The highest BCUT2D eigenvalue weighted by Crippen LogP contribution is 2.06. The summed E-state index contributed by atoms with van der Waals surface area (Å²) in [5.74, 6) is -0.881. The van der Waals surface area contributed by atoms with Crippen LogP contribution in [-0.2, 0) is 9.59 Å². The largest absolute Gasteiger partial charge is 0.480 e. The molecule has 0 aliphatic carbocycles. The lowest BCUT2D eigenvalue weighted by atomic mass is 10.0. The number of carbonyl (C=O) groups excluding carboxylic acids is 1. The van der Waals surface area contributed by atoms with Gasteiger partial charge >= 0.3 is 5.97 Å². The smallest absolute Gasteiger partial charge is 0.320 e. The van der Waals surface area contributed by atoms with E-state index in [1.165, 1.54) is 6.92 Å². The van der Waals surface area contributed by atoms with Gasteiger partial charge in [0.1, 0.15) is 11.8 Å². The fourth-order valence-corrected chi connectivity index (χ4v) is 1.13. The van der Waals surface area contributed by atoms with E-state index in [0.29, 0.717) is 12.8 Å². The molecule has 0 aliphatic rings. The number of ketones is 1. The van der Waals surface area contributed by atoms with Crippen LogP contribution in [0.25, 0.3) is 0 Å². The van der Waals surface area contributed by atoms with Crippen molar-refractivity contribution in [3.63, 3.8) is 0 Å². The van der Waals surface area contributed by atoms with Gasteiger partial charge < -0.3 is 9.90 Å². The quantitative estimate of drug-likeness (QED) is 0.701. The highest BCUT2D eigenvalue weighted by molar-refractivity contribution is 5.78. The number of hydrogen-bond acceptors (Lipinski definition) is 3. The molecule has 0 saturated carbocycles. The Kier molecular flexibility index (Phi) is 4.77. The summed E-state index contributed by atoms with van der Waals surface area (Å²) < 4.78 is 0. The van der Waals surface area contributed by atoms with Gasteiger partial charge in [-0.25, -0.2) is 0 Å². The van der Waals surface area contributed by atoms with Gasteiger partial charge in [0.15, 0.2) is 0 Å². The van der Waals surface area contributed by atoms with Crippen LogP contribution in [-0.4, -0.2) is 28.4 Å². The van der Waals surface area contributed by atoms with E-state index in [0.717, 1.165) is 0 Å². The van der Waals surface area contributed by atoms with Gasteiger partial charge in [-0.05, 0) is 34.1 Å². The van der Waals surface area contributed by atoms with Gasteiger partial charge in [0, 0.05) is 12.0 Å². The summed E-state index contributed by atoms with van der Waals surface area (Å²) >= 11 is 0. The molecule has 0 aromatic heterocycles. The zero-order valence-corrected chi connectivity index (χ0v) is 9.26. The molecule has 1 unspecified atom stereocenters. The lowest BCUT2D eigenvalue weighted by Gasteiger charge is -2.25. The zero-order chi connectivity index (χ0) is 11.4. The first-order valence-corrected chi connectivity index (χ1v) is 4.72. The molecule has 1 atom stereocenters. The second-order valence-electron chi connectivity index (χ2n) is 4.53. The van der Waals surface area contributed by atoms with Crippen molar-refractivity contribution in [1.82, 2.24) is 5.32 Å². The van der Waals surface area contributed by atoms with Crippen molar-refractivity contribution in [1.29, 1.82) is 0 Å². The molecule has 2 N–H and O–H groups in total. The Morgan fingerprint density at radius 3 is 2.14 bits per heavy atom. The molecule has 0 aromatic rings. The molecule has 0 spiro atoms. The van der Waals surface area contributed by atoms with Gasteiger partial charge in [-0.2, -0.15) is 0 Å². The van der Waals surface area contributed by atoms with E-state index in [1.54, 1.807) is 0 Å². The second-order valence-corrected chi connectivity index (χ2v) is 4.53. The van der Waals surface area contributed by atoms with Gasteiger partial charge in [0.25, 0.3) is 0 Å². The number of nitrogens with one attached hydrogen (secondary N) is 1. The Morgan fingerprint density at radius 2 is 1.86 bits per heavy atom. The van der Waals surface area contributed by atoms with Crippen molar-refractivity contribution < 1.29 is 14.7 Å². The Bertz CT molecular complexity index is 218. The molecule has 0 bridgehead atoms. The van der Waals surface area contributed by atoms with Crippen molar-refractivity contribution in [2.24, 2.45) is 0 Å². The third-order valence-corrected chi connectivity index (χ3v) is 1.69. The average Bonchev–Trinajstić information content (AvgIpc) is 1.94. The van der Waals surface area contributed by atoms with Gasteiger partial charge in [0.2, 0.25) is 0 Å². The van der Waals surface area contributed by atoms with Gasteiger partial charge in [0.05, 0.1) is 0 Å². The molecule has 14 heavy (non-hydrogen) atoms. The standard InChI is InChI=1S/C10H19NO3/c1-7(12)5-6-8(9(13)14)11-10(2,3)4/h8,11H,5-6H2,1-4H3,(H,13,14).